The lowest BCUT2D eigenvalue weighted by Crippen LogP contribution is -3.00. The van der Waals surface area contributed by atoms with E-state index < -0.39 is 4.92 Å². The van der Waals surface area contributed by atoms with Crippen LogP contribution in [0.1, 0.15) is 35.7 Å². The first-order valence-corrected chi connectivity index (χ1v) is 6.74. The van der Waals surface area contributed by atoms with E-state index in [1.165, 1.54) is 29.8 Å². The molecule has 0 bridgehead atoms. The third kappa shape index (κ3) is 4.46. The Kier molecular flexibility index (Phi) is 6.37. The van der Waals surface area contributed by atoms with Gasteiger partial charge in [0.1, 0.15) is 0 Å². The Balaban J connectivity index is 0.00000242. The fraction of sp³-hybridized carbons (Fsp3) is 0.250. The monoisotopic (exact) mass is 364 g/mol. The number of pyridine rings is 1. The molecule has 0 aliphatic heterocycles. The molecule has 22 heavy (non-hydrogen) atoms. The summed E-state index contributed by atoms with van der Waals surface area (Å²) >= 11 is 0. The van der Waals surface area contributed by atoms with E-state index in [0.29, 0.717) is 11.5 Å². The van der Waals surface area contributed by atoms with Crippen molar-refractivity contribution >= 4 is 11.5 Å². The number of halogens is 1. The maximum atomic E-state index is 12.1. The number of aromatic nitrogens is 1. The lowest BCUT2D eigenvalue weighted by molar-refractivity contribution is -0.683. The van der Waals surface area contributed by atoms with Crippen molar-refractivity contribution in [3.63, 3.8) is 0 Å². The summed E-state index contributed by atoms with van der Waals surface area (Å²) in [4.78, 5) is 22.2. The van der Waals surface area contributed by atoms with Crippen molar-refractivity contribution in [2.45, 2.75) is 26.3 Å². The standard InChI is InChI=1S/C16H17N2O3.BrH/c1-12(2)13-7-9-17(10-8-13)11-16(19)14-3-5-15(6-4-14)18(20)21;/h3-10,12H,11H2,1-2H3;1H/q+1;/p-1. The van der Waals surface area contributed by atoms with Gasteiger partial charge in [-0.15, -0.1) is 0 Å². The minimum Gasteiger partial charge on any atom is -1.00 e. The van der Waals surface area contributed by atoms with Crippen LogP contribution in [0, 0.1) is 10.1 Å². The van der Waals surface area contributed by atoms with Gasteiger partial charge in [0.05, 0.1) is 4.92 Å². The second-order valence-electron chi connectivity index (χ2n) is 5.19. The highest BCUT2D eigenvalue weighted by Crippen LogP contribution is 2.13. The Morgan fingerprint density at radius 2 is 1.68 bits per heavy atom. The number of rotatable bonds is 5. The predicted octanol–water partition coefficient (Wildman–Crippen LogP) is -0.107. The van der Waals surface area contributed by atoms with Gasteiger partial charge in [0.2, 0.25) is 12.3 Å². The Hall–Kier alpha value is -2.08. The lowest BCUT2D eigenvalue weighted by Gasteiger charge is -2.03. The van der Waals surface area contributed by atoms with E-state index in [-0.39, 0.29) is 35.0 Å². The van der Waals surface area contributed by atoms with Crippen molar-refractivity contribution in [3.05, 3.63) is 70.0 Å². The van der Waals surface area contributed by atoms with E-state index in [1.54, 1.807) is 4.57 Å². The molecule has 0 fully saturated rings. The van der Waals surface area contributed by atoms with Crippen molar-refractivity contribution in [2.24, 2.45) is 0 Å². The van der Waals surface area contributed by atoms with Crippen LogP contribution in [0.25, 0.3) is 0 Å². The van der Waals surface area contributed by atoms with Crippen LogP contribution in [0.3, 0.4) is 0 Å². The number of carbonyl (C=O) groups is 1. The molecule has 5 nitrogen and oxygen atoms in total. The van der Waals surface area contributed by atoms with Gasteiger partial charge in [0.15, 0.2) is 12.4 Å². The predicted molar refractivity (Wildman–Crippen MR) is 78.2 cm³/mol. The van der Waals surface area contributed by atoms with Crippen LogP contribution in [0.2, 0.25) is 0 Å². The molecular formula is C16H17BrN2O3. The van der Waals surface area contributed by atoms with E-state index in [9.17, 15) is 14.9 Å². The summed E-state index contributed by atoms with van der Waals surface area (Å²) in [5.41, 5.74) is 1.68. The van der Waals surface area contributed by atoms with Gasteiger partial charge in [-0.3, -0.25) is 14.9 Å². The molecule has 0 radical (unpaired) electrons. The van der Waals surface area contributed by atoms with E-state index in [1.807, 2.05) is 24.5 Å². The van der Waals surface area contributed by atoms with Gasteiger partial charge < -0.3 is 17.0 Å². The number of benzene rings is 1. The van der Waals surface area contributed by atoms with Gasteiger partial charge in [0.25, 0.3) is 5.69 Å². The molecule has 0 saturated heterocycles. The third-order valence-electron chi connectivity index (χ3n) is 3.31. The van der Waals surface area contributed by atoms with Crippen LogP contribution >= 0.6 is 0 Å². The minimum atomic E-state index is -0.479. The number of nitrogens with zero attached hydrogens (tertiary/aromatic N) is 2. The van der Waals surface area contributed by atoms with Crippen molar-refractivity contribution in [1.82, 2.24) is 0 Å². The molecule has 0 saturated carbocycles. The first kappa shape index (κ1) is 18.0. The van der Waals surface area contributed by atoms with Gasteiger partial charge in [0, 0.05) is 29.8 Å². The molecule has 0 amide bonds. The number of carbonyl (C=O) groups excluding carboxylic acids is 1. The number of ketones is 1. The van der Waals surface area contributed by atoms with Crippen LogP contribution in [0.5, 0.6) is 0 Å². The van der Waals surface area contributed by atoms with Gasteiger partial charge >= 0.3 is 0 Å². The highest BCUT2D eigenvalue weighted by molar-refractivity contribution is 5.95. The van der Waals surface area contributed by atoms with Crippen LogP contribution in [0.15, 0.2) is 48.8 Å². The zero-order chi connectivity index (χ0) is 15.4. The Labute approximate surface area is 139 Å². The zero-order valence-electron chi connectivity index (χ0n) is 12.4. The highest BCUT2D eigenvalue weighted by atomic mass is 79.9. The van der Waals surface area contributed by atoms with Crippen molar-refractivity contribution < 1.29 is 31.3 Å². The largest absolute Gasteiger partial charge is 1.00 e. The molecule has 6 heteroatoms. The van der Waals surface area contributed by atoms with Crippen LogP contribution in [-0.2, 0) is 6.54 Å². The number of hydrogen-bond acceptors (Lipinski definition) is 3. The van der Waals surface area contributed by atoms with Gasteiger partial charge in [-0.1, -0.05) is 13.8 Å². The molecular weight excluding hydrogens is 348 g/mol. The number of nitro groups is 1. The molecule has 0 aliphatic rings. The maximum Gasteiger partial charge on any atom is 0.269 e. The molecule has 116 valence electrons. The van der Waals surface area contributed by atoms with E-state index in [4.69, 9.17) is 0 Å². The molecule has 0 unspecified atom stereocenters. The quantitative estimate of drug-likeness (QED) is 0.322. The summed E-state index contributed by atoms with van der Waals surface area (Å²) in [7, 11) is 0. The molecule has 2 rings (SSSR count). The Morgan fingerprint density at radius 1 is 1.14 bits per heavy atom. The fourth-order valence-corrected chi connectivity index (χ4v) is 1.99. The summed E-state index contributed by atoms with van der Waals surface area (Å²) in [6, 6.07) is 9.66. The van der Waals surface area contributed by atoms with Crippen LogP contribution in [0.4, 0.5) is 5.69 Å². The average Bonchev–Trinajstić information content (AvgIpc) is 2.47. The average molecular weight is 365 g/mol. The normalized spacial score (nSPS) is 10.1. The second kappa shape index (κ2) is 7.79. The summed E-state index contributed by atoms with van der Waals surface area (Å²) in [6.07, 6.45) is 3.75. The lowest BCUT2D eigenvalue weighted by atomic mass is 10.1. The smallest absolute Gasteiger partial charge is 0.269 e. The van der Waals surface area contributed by atoms with Gasteiger partial charge in [-0.25, -0.2) is 0 Å². The van der Waals surface area contributed by atoms with Crippen LogP contribution < -0.4 is 21.5 Å². The zero-order valence-corrected chi connectivity index (χ0v) is 14.0. The number of Topliss-reactive ketones (excluding diaryl/α,β-unsaturated/α-hetero) is 1. The summed E-state index contributed by atoms with van der Waals surface area (Å²) in [5.74, 6) is 0.372. The summed E-state index contributed by atoms with van der Waals surface area (Å²) in [6.45, 7) is 4.44. The highest BCUT2D eigenvalue weighted by Gasteiger charge is 2.14. The molecule has 1 aromatic heterocycles. The molecule has 0 N–H and O–H groups in total. The van der Waals surface area contributed by atoms with Crippen molar-refractivity contribution in [2.75, 3.05) is 0 Å². The van der Waals surface area contributed by atoms with Gasteiger partial charge in [-0.05, 0) is 23.6 Å². The van der Waals surface area contributed by atoms with E-state index >= 15 is 0 Å². The Morgan fingerprint density at radius 3 is 2.14 bits per heavy atom. The molecule has 0 atom stereocenters. The summed E-state index contributed by atoms with van der Waals surface area (Å²) < 4.78 is 1.80. The number of non-ortho nitro benzene ring substituents is 1. The molecule has 2 aromatic rings. The maximum absolute atomic E-state index is 12.1. The molecule has 0 aliphatic carbocycles. The number of hydrogen-bond donors (Lipinski definition) is 0. The second-order valence-corrected chi connectivity index (χ2v) is 5.19. The molecule has 1 heterocycles. The minimum absolute atomic E-state index is 0. The van der Waals surface area contributed by atoms with Crippen molar-refractivity contribution in [1.29, 1.82) is 0 Å². The SMILES string of the molecule is CC(C)c1cc[n+](CC(=O)c2ccc([N+](=O)[O-])cc2)cc1.[Br-]. The Bertz CT molecular complexity index is 652. The molecule has 0 spiro atoms. The fourth-order valence-electron chi connectivity index (χ4n) is 1.99. The van der Waals surface area contributed by atoms with Crippen LogP contribution in [-0.4, -0.2) is 10.7 Å². The van der Waals surface area contributed by atoms with E-state index in [0.717, 1.165) is 0 Å². The first-order valence-electron chi connectivity index (χ1n) is 6.74. The third-order valence-corrected chi connectivity index (χ3v) is 3.31. The topological polar surface area (TPSA) is 64.1 Å². The summed E-state index contributed by atoms with van der Waals surface area (Å²) in [5, 5.41) is 10.6. The van der Waals surface area contributed by atoms with Crippen molar-refractivity contribution in [3.8, 4) is 0 Å². The van der Waals surface area contributed by atoms with E-state index in [2.05, 4.69) is 13.8 Å². The number of nitro benzene ring substituents is 1. The van der Waals surface area contributed by atoms with Gasteiger partial charge in [-0.2, -0.15) is 4.57 Å². The molecule has 1 aromatic carbocycles. The first-order chi connectivity index (χ1) is 9.97.